The van der Waals surface area contributed by atoms with E-state index in [-0.39, 0.29) is 13.2 Å². The number of sulfonamides is 1. The lowest BCUT2D eigenvalue weighted by molar-refractivity contribution is -0.143. The number of hydrogen-bond acceptors (Lipinski definition) is 4. The summed E-state index contributed by atoms with van der Waals surface area (Å²) in [4.78, 5) is 10.4. The Morgan fingerprint density at radius 1 is 1.24 bits per heavy atom. The van der Waals surface area contributed by atoms with Crippen LogP contribution in [0.5, 0.6) is 0 Å². The van der Waals surface area contributed by atoms with Crippen LogP contribution in [0.3, 0.4) is 0 Å². The fraction of sp³-hybridized carbons (Fsp3) is 0.462. The van der Waals surface area contributed by atoms with Gasteiger partial charge in [-0.05, 0) is 25.5 Å². The third-order valence-electron chi connectivity index (χ3n) is 2.60. The van der Waals surface area contributed by atoms with Crippen LogP contribution >= 0.6 is 0 Å². The number of nitrogens with zero attached hydrogens (tertiary/aromatic N) is 1. The molecule has 0 heterocycles. The van der Waals surface area contributed by atoms with Gasteiger partial charge in [-0.15, -0.1) is 0 Å². The summed E-state index contributed by atoms with van der Waals surface area (Å²) in [5.74, 6) is -3.16. The molecule has 0 atom stereocenters. The third-order valence-corrected chi connectivity index (χ3v) is 4.50. The van der Waals surface area contributed by atoms with Crippen molar-refractivity contribution in [3.8, 4) is 0 Å². The molecule has 1 rings (SSSR count). The topological polar surface area (TPSA) is 63.7 Å². The number of halogens is 2. The molecule has 0 aliphatic heterocycles. The first kappa shape index (κ1) is 17.5. The van der Waals surface area contributed by atoms with Crippen LogP contribution in [0.1, 0.15) is 20.3 Å². The van der Waals surface area contributed by atoms with Crippen LogP contribution in [-0.4, -0.2) is 38.4 Å². The smallest absolute Gasteiger partial charge is 0.321 e. The Morgan fingerprint density at radius 3 is 2.29 bits per heavy atom. The fourth-order valence-corrected chi connectivity index (χ4v) is 3.33. The maximum Gasteiger partial charge on any atom is 0.321 e. The van der Waals surface area contributed by atoms with Crippen LogP contribution < -0.4 is 0 Å². The lowest BCUT2D eigenvalue weighted by Gasteiger charge is -2.21. The number of benzene rings is 1. The first-order valence-electron chi connectivity index (χ1n) is 6.44. The summed E-state index contributed by atoms with van der Waals surface area (Å²) in [7, 11) is -4.46. The van der Waals surface area contributed by atoms with Crippen molar-refractivity contribution in [1.29, 1.82) is 0 Å². The van der Waals surface area contributed by atoms with Crippen LogP contribution in [0.15, 0.2) is 23.1 Å². The fourth-order valence-electron chi connectivity index (χ4n) is 1.74. The van der Waals surface area contributed by atoms with Gasteiger partial charge in [0.25, 0.3) is 0 Å². The van der Waals surface area contributed by atoms with Crippen LogP contribution in [-0.2, 0) is 19.6 Å². The summed E-state index contributed by atoms with van der Waals surface area (Å²) < 4.78 is 57.4. The summed E-state index contributed by atoms with van der Waals surface area (Å²) in [6.45, 7) is 2.72. The van der Waals surface area contributed by atoms with Crippen molar-refractivity contribution in [3.05, 3.63) is 29.8 Å². The Bertz CT molecular complexity index is 584. The minimum absolute atomic E-state index is 0.0467. The standard InChI is InChI=1S/C13H17F2NO4S/c1-3-8-16(9-12(17)20-4-2)21(18,19)13-10(14)6-5-7-11(13)15/h5-7H,3-4,8-9H2,1-2H3. The van der Waals surface area contributed by atoms with Crippen molar-refractivity contribution in [2.24, 2.45) is 0 Å². The van der Waals surface area contributed by atoms with E-state index in [2.05, 4.69) is 4.74 Å². The number of rotatable bonds is 7. The Labute approximate surface area is 122 Å². The zero-order valence-electron chi connectivity index (χ0n) is 11.8. The second-order valence-electron chi connectivity index (χ2n) is 4.19. The van der Waals surface area contributed by atoms with Crippen LogP contribution in [0.2, 0.25) is 0 Å². The SMILES string of the molecule is CCCN(CC(=O)OCC)S(=O)(=O)c1c(F)cccc1F. The quantitative estimate of drug-likeness (QED) is 0.720. The molecule has 0 fully saturated rings. The Morgan fingerprint density at radius 2 is 1.81 bits per heavy atom. The van der Waals surface area contributed by atoms with Gasteiger partial charge in [-0.25, -0.2) is 17.2 Å². The number of carbonyl (C=O) groups is 1. The highest BCUT2D eigenvalue weighted by Gasteiger charge is 2.31. The van der Waals surface area contributed by atoms with E-state index in [0.29, 0.717) is 10.7 Å². The van der Waals surface area contributed by atoms with E-state index in [0.717, 1.165) is 18.2 Å². The molecule has 0 spiro atoms. The molecule has 8 heteroatoms. The molecule has 0 amide bonds. The predicted molar refractivity (Wildman–Crippen MR) is 72.0 cm³/mol. The molecule has 0 aliphatic rings. The molecule has 0 aliphatic carbocycles. The van der Waals surface area contributed by atoms with Gasteiger partial charge in [0.2, 0.25) is 10.0 Å². The Hall–Kier alpha value is -1.54. The summed E-state index contributed by atoms with van der Waals surface area (Å²) in [6.07, 6.45) is 0.384. The van der Waals surface area contributed by atoms with Gasteiger partial charge in [0.1, 0.15) is 18.2 Å². The molecule has 0 radical (unpaired) electrons. The summed E-state index contributed by atoms with van der Waals surface area (Å²) >= 11 is 0. The van der Waals surface area contributed by atoms with Crippen molar-refractivity contribution in [1.82, 2.24) is 4.31 Å². The zero-order valence-corrected chi connectivity index (χ0v) is 12.6. The van der Waals surface area contributed by atoms with Gasteiger partial charge < -0.3 is 4.74 Å². The van der Waals surface area contributed by atoms with E-state index >= 15 is 0 Å². The van der Waals surface area contributed by atoms with E-state index in [1.165, 1.54) is 0 Å². The predicted octanol–water partition coefficient (Wildman–Crippen LogP) is 1.93. The Balaban J connectivity index is 3.19. The lowest BCUT2D eigenvalue weighted by atomic mass is 10.3. The highest BCUT2D eigenvalue weighted by molar-refractivity contribution is 7.89. The average Bonchev–Trinajstić information content (AvgIpc) is 2.38. The molecule has 0 unspecified atom stereocenters. The first-order valence-corrected chi connectivity index (χ1v) is 7.88. The largest absolute Gasteiger partial charge is 0.465 e. The third kappa shape index (κ3) is 4.21. The normalized spacial score (nSPS) is 11.7. The number of esters is 1. The average molecular weight is 321 g/mol. The maximum absolute atomic E-state index is 13.7. The zero-order chi connectivity index (χ0) is 16.0. The van der Waals surface area contributed by atoms with Gasteiger partial charge in [0.05, 0.1) is 6.61 Å². The maximum atomic E-state index is 13.7. The van der Waals surface area contributed by atoms with Gasteiger partial charge in [-0.2, -0.15) is 4.31 Å². The van der Waals surface area contributed by atoms with E-state index in [1.54, 1.807) is 13.8 Å². The van der Waals surface area contributed by atoms with Crippen molar-refractivity contribution >= 4 is 16.0 Å². The number of ether oxygens (including phenoxy) is 1. The van der Waals surface area contributed by atoms with E-state index in [9.17, 15) is 22.0 Å². The summed E-state index contributed by atoms with van der Waals surface area (Å²) in [5.41, 5.74) is 0. The molecule has 0 aromatic heterocycles. The first-order chi connectivity index (χ1) is 9.84. The van der Waals surface area contributed by atoms with Gasteiger partial charge >= 0.3 is 5.97 Å². The number of carbonyl (C=O) groups excluding carboxylic acids is 1. The molecule has 0 N–H and O–H groups in total. The van der Waals surface area contributed by atoms with Crippen molar-refractivity contribution in [3.63, 3.8) is 0 Å². The molecule has 0 bridgehead atoms. The highest BCUT2D eigenvalue weighted by atomic mass is 32.2. The van der Waals surface area contributed by atoms with Crippen molar-refractivity contribution in [2.75, 3.05) is 19.7 Å². The molecule has 5 nitrogen and oxygen atoms in total. The minimum Gasteiger partial charge on any atom is -0.465 e. The number of hydrogen-bond donors (Lipinski definition) is 0. The second-order valence-corrected chi connectivity index (χ2v) is 6.07. The van der Waals surface area contributed by atoms with Gasteiger partial charge in [-0.3, -0.25) is 4.79 Å². The van der Waals surface area contributed by atoms with Gasteiger partial charge in [0, 0.05) is 6.54 Å². The molecule has 0 saturated heterocycles. The molecule has 1 aromatic carbocycles. The Kier molecular flexibility index (Phi) is 6.22. The van der Waals surface area contributed by atoms with E-state index < -0.39 is 39.1 Å². The van der Waals surface area contributed by atoms with Crippen LogP contribution in [0.25, 0.3) is 0 Å². The monoisotopic (exact) mass is 321 g/mol. The van der Waals surface area contributed by atoms with Crippen molar-refractivity contribution in [2.45, 2.75) is 25.2 Å². The lowest BCUT2D eigenvalue weighted by Crippen LogP contribution is -2.37. The molecule has 0 saturated carbocycles. The summed E-state index contributed by atoms with van der Waals surface area (Å²) in [5, 5.41) is 0. The minimum atomic E-state index is -4.46. The van der Waals surface area contributed by atoms with Crippen LogP contribution in [0, 0.1) is 11.6 Å². The molecular formula is C13H17F2NO4S. The van der Waals surface area contributed by atoms with Crippen molar-refractivity contribution < 1.29 is 26.7 Å². The van der Waals surface area contributed by atoms with Crippen LogP contribution in [0.4, 0.5) is 8.78 Å². The molecule has 1 aromatic rings. The molecular weight excluding hydrogens is 304 g/mol. The summed E-state index contributed by atoms with van der Waals surface area (Å²) in [6, 6.07) is 2.77. The highest BCUT2D eigenvalue weighted by Crippen LogP contribution is 2.22. The van der Waals surface area contributed by atoms with E-state index in [4.69, 9.17) is 0 Å². The molecule has 118 valence electrons. The van der Waals surface area contributed by atoms with Gasteiger partial charge in [-0.1, -0.05) is 13.0 Å². The van der Waals surface area contributed by atoms with Gasteiger partial charge in [0.15, 0.2) is 4.90 Å². The second kappa shape index (κ2) is 7.46. The van der Waals surface area contributed by atoms with E-state index in [1.807, 2.05) is 0 Å². The molecule has 21 heavy (non-hydrogen) atoms.